The van der Waals surface area contributed by atoms with Gasteiger partial charge in [-0.25, -0.2) is 4.79 Å². The normalized spacial score (nSPS) is 15.2. The quantitative estimate of drug-likeness (QED) is 0.779. The third-order valence-corrected chi connectivity index (χ3v) is 3.75. The number of aryl methyl sites for hydroxylation is 1. The van der Waals surface area contributed by atoms with E-state index in [4.69, 9.17) is 5.11 Å². The molecule has 1 atom stereocenters. The summed E-state index contributed by atoms with van der Waals surface area (Å²) in [5.74, 6) is 0.378. The van der Waals surface area contributed by atoms with E-state index >= 15 is 0 Å². The van der Waals surface area contributed by atoms with Crippen LogP contribution in [0.2, 0.25) is 0 Å². The van der Waals surface area contributed by atoms with Crippen LogP contribution >= 0.6 is 0 Å². The maximum absolute atomic E-state index is 11.9. The monoisotopic (exact) mass is 290 g/mol. The summed E-state index contributed by atoms with van der Waals surface area (Å²) in [7, 11) is 0. The van der Waals surface area contributed by atoms with Crippen LogP contribution in [0.5, 0.6) is 0 Å². The van der Waals surface area contributed by atoms with Gasteiger partial charge in [0.2, 0.25) is 0 Å². The summed E-state index contributed by atoms with van der Waals surface area (Å²) in [6.07, 6.45) is 3.07. The van der Waals surface area contributed by atoms with Crippen molar-refractivity contribution in [3.8, 4) is 0 Å². The zero-order valence-corrected chi connectivity index (χ0v) is 12.3. The van der Waals surface area contributed by atoms with Crippen LogP contribution in [0.4, 0.5) is 10.5 Å². The number of ketones is 1. The number of rotatable bonds is 5. The number of benzene rings is 1. The first-order valence-corrected chi connectivity index (χ1v) is 7.42. The molecular weight excluding hydrogens is 268 g/mol. The van der Waals surface area contributed by atoms with Gasteiger partial charge in [0.05, 0.1) is 0 Å². The van der Waals surface area contributed by atoms with Gasteiger partial charge in [0.15, 0.2) is 5.78 Å². The van der Waals surface area contributed by atoms with Gasteiger partial charge in [-0.1, -0.05) is 13.0 Å². The first-order valence-electron chi connectivity index (χ1n) is 7.42. The van der Waals surface area contributed by atoms with Crippen molar-refractivity contribution < 1.29 is 14.7 Å². The van der Waals surface area contributed by atoms with Crippen molar-refractivity contribution in [3.63, 3.8) is 0 Å². The molecule has 0 aromatic heterocycles. The molecule has 0 heterocycles. The minimum absolute atomic E-state index is 0.122. The van der Waals surface area contributed by atoms with Crippen molar-refractivity contribution in [1.29, 1.82) is 0 Å². The van der Waals surface area contributed by atoms with Gasteiger partial charge in [-0.3, -0.25) is 4.79 Å². The molecule has 1 unspecified atom stereocenters. The lowest BCUT2D eigenvalue weighted by Gasteiger charge is -2.16. The molecule has 1 aliphatic carbocycles. The Morgan fingerprint density at radius 3 is 2.95 bits per heavy atom. The molecule has 0 bridgehead atoms. The van der Waals surface area contributed by atoms with Crippen LogP contribution in [0.25, 0.3) is 0 Å². The molecule has 5 heteroatoms. The largest absolute Gasteiger partial charge is 0.396 e. The molecule has 1 aliphatic rings. The topological polar surface area (TPSA) is 78.4 Å². The second-order valence-electron chi connectivity index (χ2n) is 5.60. The molecule has 5 nitrogen and oxygen atoms in total. The highest BCUT2D eigenvalue weighted by atomic mass is 16.3. The summed E-state index contributed by atoms with van der Waals surface area (Å²) in [6.45, 7) is 2.60. The van der Waals surface area contributed by atoms with Crippen molar-refractivity contribution in [2.75, 3.05) is 18.5 Å². The van der Waals surface area contributed by atoms with E-state index in [1.165, 1.54) is 0 Å². The van der Waals surface area contributed by atoms with Crippen molar-refractivity contribution in [2.45, 2.75) is 32.6 Å². The molecule has 0 fully saturated rings. The number of Topliss-reactive ketones (excluding diaryl/α,β-unsaturated/α-hetero) is 1. The van der Waals surface area contributed by atoms with E-state index in [0.717, 1.165) is 24.0 Å². The number of amides is 2. The van der Waals surface area contributed by atoms with Gasteiger partial charge in [0.25, 0.3) is 0 Å². The molecule has 0 saturated carbocycles. The smallest absolute Gasteiger partial charge is 0.319 e. The van der Waals surface area contributed by atoms with Crippen LogP contribution in [0.15, 0.2) is 18.2 Å². The second-order valence-corrected chi connectivity index (χ2v) is 5.60. The van der Waals surface area contributed by atoms with Crippen molar-refractivity contribution >= 4 is 17.5 Å². The highest BCUT2D eigenvalue weighted by molar-refractivity contribution is 6.00. The minimum atomic E-state index is -0.289. The maximum Gasteiger partial charge on any atom is 0.319 e. The van der Waals surface area contributed by atoms with E-state index in [-0.39, 0.29) is 24.3 Å². The van der Waals surface area contributed by atoms with Gasteiger partial charge in [0, 0.05) is 30.8 Å². The number of nitrogens with one attached hydrogen (secondary N) is 2. The lowest BCUT2D eigenvalue weighted by Crippen LogP contribution is -2.32. The van der Waals surface area contributed by atoms with Crippen LogP contribution in [-0.4, -0.2) is 30.1 Å². The molecule has 3 N–H and O–H groups in total. The number of aliphatic hydroxyl groups is 1. The van der Waals surface area contributed by atoms with E-state index < -0.39 is 0 Å². The summed E-state index contributed by atoms with van der Waals surface area (Å²) in [4.78, 5) is 23.7. The standard InChI is InChI=1S/C16H22N2O3/c1-11(7-8-19)10-17-16(21)18-13-6-5-12-3-2-4-15(20)14(12)9-13/h5-6,9,11,19H,2-4,7-8,10H2,1H3,(H2,17,18,21). The Morgan fingerprint density at radius 1 is 1.38 bits per heavy atom. The van der Waals surface area contributed by atoms with Crippen LogP contribution in [0, 0.1) is 5.92 Å². The van der Waals surface area contributed by atoms with Gasteiger partial charge in [0.1, 0.15) is 0 Å². The van der Waals surface area contributed by atoms with Crippen LogP contribution in [0.1, 0.15) is 42.1 Å². The molecule has 0 radical (unpaired) electrons. The first kappa shape index (κ1) is 15.5. The van der Waals surface area contributed by atoms with Gasteiger partial charge in [-0.05, 0) is 42.9 Å². The molecule has 1 aromatic carbocycles. The highest BCUT2D eigenvalue weighted by Gasteiger charge is 2.17. The predicted molar refractivity (Wildman–Crippen MR) is 81.6 cm³/mol. The van der Waals surface area contributed by atoms with E-state index in [2.05, 4.69) is 10.6 Å². The fourth-order valence-electron chi connectivity index (χ4n) is 2.47. The molecule has 2 rings (SSSR count). The summed E-state index contributed by atoms with van der Waals surface area (Å²) in [5.41, 5.74) is 2.43. The Labute approximate surface area is 124 Å². The van der Waals surface area contributed by atoms with Gasteiger partial charge in [-0.2, -0.15) is 0 Å². The second kappa shape index (κ2) is 7.22. The van der Waals surface area contributed by atoms with Crippen LogP contribution in [0.3, 0.4) is 0 Å². The summed E-state index contributed by atoms with van der Waals surface area (Å²) in [5, 5.41) is 14.3. The summed E-state index contributed by atoms with van der Waals surface area (Å²) >= 11 is 0. The fourth-order valence-corrected chi connectivity index (χ4v) is 2.47. The van der Waals surface area contributed by atoms with E-state index in [9.17, 15) is 9.59 Å². The molecule has 0 spiro atoms. The lowest BCUT2D eigenvalue weighted by atomic mass is 9.90. The Hall–Kier alpha value is -1.88. The van der Waals surface area contributed by atoms with Gasteiger partial charge >= 0.3 is 6.03 Å². The summed E-state index contributed by atoms with van der Waals surface area (Å²) in [6, 6.07) is 5.21. The third kappa shape index (κ3) is 4.29. The fraction of sp³-hybridized carbons (Fsp3) is 0.500. The number of carbonyl (C=O) groups is 2. The number of fused-ring (bicyclic) bond motifs is 1. The predicted octanol–water partition coefficient (Wildman–Crippen LogP) is 2.35. The van der Waals surface area contributed by atoms with Crippen molar-refractivity contribution in [1.82, 2.24) is 5.32 Å². The Bertz CT molecular complexity index is 528. The highest BCUT2D eigenvalue weighted by Crippen LogP contribution is 2.24. The Balaban J connectivity index is 1.92. The molecule has 2 amide bonds. The van der Waals surface area contributed by atoms with Crippen molar-refractivity contribution in [2.24, 2.45) is 5.92 Å². The van der Waals surface area contributed by atoms with E-state index in [1.807, 2.05) is 19.1 Å². The number of hydrogen-bond acceptors (Lipinski definition) is 3. The number of carbonyl (C=O) groups excluding carboxylic acids is 2. The summed E-state index contributed by atoms with van der Waals surface area (Å²) < 4.78 is 0. The minimum Gasteiger partial charge on any atom is -0.396 e. The van der Waals surface area contributed by atoms with Crippen LogP contribution < -0.4 is 10.6 Å². The number of hydrogen-bond donors (Lipinski definition) is 3. The van der Waals surface area contributed by atoms with E-state index in [1.54, 1.807) is 6.07 Å². The third-order valence-electron chi connectivity index (χ3n) is 3.75. The SMILES string of the molecule is CC(CCO)CNC(=O)Nc1ccc2c(c1)C(=O)CCC2. The Morgan fingerprint density at radius 2 is 2.19 bits per heavy atom. The molecule has 0 aliphatic heterocycles. The van der Waals surface area contributed by atoms with Gasteiger partial charge in [-0.15, -0.1) is 0 Å². The maximum atomic E-state index is 11.9. The molecule has 1 aromatic rings. The molecular formula is C16H22N2O3. The average Bonchev–Trinajstić information content (AvgIpc) is 2.46. The Kier molecular flexibility index (Phi) is 5.33. The molecule has 21 heavy (non-hydrogen) atoms. The zero-order valence-electron chi connectivity index (χ0n) is 12.3. The first-order chi connectivity index (χ1) is 10.1. The number of aliphatic hydroxyl groups excluding tert-OH is 1. The molecule has 0 saturated heterocycles. The molecule has 114 valence electrons. The van der Waals surface area contributed by atoms with Crippen molar-refractivity contribution in [3.05, 3.63) is 29.3 Å². The van der Waals surface area contributed by atoms with Gasteiger partial charge < -0.3 is 15.7 Å². The average molecular weight is 290 g/mol. The number of anilines is 1. The number of urea groups is 1. The van der Waals surface area contributed by atoms with E-state index in [0.29, 0.717) is 25.1 Å². The lowest BCUT2D eigenvalue weighted by molar-refractivity contribution is 0.0972. The van der Waals surface area contributed by atoms with Crippen LogP contribution in [-0.2, 0) is 6.42 Å². The zero-order chi connectivity index (χ0) is 15.2.